The van der Waals surface area contributed by atoms with Gasteiger partial charge in [0.25, 0.3) is 0 Å². The van der Waals surface area contributed by atoms with Crippen molar-refractivity contribution in [3.05, 3.63) is 0 Å². The average Bonchev–Trinajstić information content (AvgIpc) is 2.22. The van der Waals surface area contributed by atoms with Crippen LogP contribution >= 0.6 is 23.2 Å². The number of halogens is 2. The quantitative estimate of drug-likeness (QED) is 0.543. The summed E-state index contributed by atoms with van der Waals surface area (Å²) in [6, 6.07) is 0. The van der Waals surface area contributed by atoms with E-state index in [1.165, 1.54) is 6.92 Å². The van der Waals surface area contributed by atoms with E-state index in [9.17, 15) is 9.59 Å². The summed E-state index contributed by atoms with van der Waals surface area (Å²) in [5.74, 6) is -0.540. The zero-order chi connectivity index (χ0) is 10.1. The predicted octanol–water partition coefficient (Wildman–Crippen LogP) is 1.84. The lowest BCUT2D eigenvalue weighted by atomic mass is 10.1. The minimum Gasteiger partial charge on any atom is -0.460 e. The fourth-order valence-electron chi connectivity index (χ4n) is 1.17. The van der Waals surface area contributed by atoms with Crippen LogP contribution in [0.5, 0.6) is 0 Å². The number of ether oxygens (including phenoxy) is 1. The molecule has 0 N–H and O–H groups in total. The molecule has 1 unspecified atom stereocenters. The standard InChI is InChI=1S/C8H10Cl2O3/c1-5(11)2-3-6-4-8(9,10)7(12)13-6/h6H,2-4H2,1H3. The monoisotopic (exact) mass is 224 g/mol. The molecule has 1 heterocycles. The molecule has 0 aliphatic carbocycles. The van der Waals surface area contributed by atoms with Crippen LogP contribution in [-0.2, 0) is 14.3 Å². The van der Waals surface area contributed by atoms with Crippen LogP contribution in [0.1, 0.15) is 26.2 Å². The van der Waals surface area contributed by atoms with Crippen molar-refractivity contribution in [1.82, 2.24) is 0 Å². The molecule has 1 aliphatic rings. The van der Waals surface area contributed by atoms with Gasteiger partial charge in [0.1, 0.15) is 11.9 Å². The molecule has 1 aliphatic heterocycles. The molecule has 1 fully saturated rings. The maximum absolute atomic E-state index is 11.0. The van der Waals surface area contributed by atoms with Crippen molar-refractivity contribution in [1.29, 1.82) is 0 Å². The second-order valence-corrected chi connectivity index (χ2v) is 4.66. The predicted molar refractivity (Wildman–Crippen MR) is 48.8 cm³/mol. The van der Waals surface area contributed by atoms with Crippen molar-refractivity contribution in [3.63, 3.8) is 0 Å². The van der Waals surface area contributed by atoms with Crippen molar-refractivity contribution in [3.8, 4) is 0 Å². The molecule has 1 saturated heterocycles. The fraction of sp³-hybridized carbons (Fsp3) is 0.750. The zero-order valence-electron chi connectivity index (χ0n) is 7.18. The second-order valence-electron chi connectivity index (χ2n) is 3.18. The molecule has 0 aromatic carbocycles. The van der Waals surface area contributed by atoms with Crippen LogP contribution in [0.3, 0.4) is 0 Å². The lowest BCUT2D eigenvalue weighted by Crippen LogP contribution is -2.18. The first kappa shape index (κ1) is 10.8. The van der Waals surface area contributed by atoms with Gasteiger partial charge in [-0.25, -0.2) is 4.79 Å². The number of esters is 1. The maximum atomic E-state index is 11.0. The molecule has 0 radical (unpaired) electrons. The largest absolute Gasteiger partial charge is 0.460 e. The van der Waals surface area contributed by atoms with E-state index in [1.807, 2.05) is 0 Å². The smallest absolute Gasteiger partial charge is 0.343 e. The molecule has 0 aromatic rings. The Kier molecular flexibility index (Phi) is 3.19. The highest BCUT2D eigenvalue weighted by Gasteiger charge is 2.46. The molecule has 1 rings (SSSR count). The first-order valence-electron chi connectivity index (χ1n) is 4.00. The number of alkyl halides is 2. The van der Waals surface area contributed by atoms with Crippen molar-refractivity contribution in [2.75, 3.05) is 0 Å². The topological polar surface area (TPSA) is 43.4 Å². The molecule has 1 atom stereocenters. The summed E-state index contributed by atoms with van der Waals surface area (Å²) in [7, 11) is 0. The normalized spacial score (nSPS) is 25.8. The molecule has 74 valence electrons. The minimum absolute atomic E-state index is 0.0673. The Hall–Kier alpha value is -0.280. The van der Waals surface area contributed by atoms with Crippen LogP contribution in [0.4, 0.5) is 0 Å². The third-order valence-electron chi connectivity index (χ3n) is 1.87. The lowest BCUT2D eigenvalue weighted by molar-refractivity contribution is -0.142. The first-order valence-corrected chi connectivity index (χ1v) is 4.76. The van der Waals surface area contributed by atoms with Gasteiger partial charge in [-0.3, -0.25) is 0 Å². The molecule has 13 heavy (non-hydrogen) atoms. The number of hydrogen-bond acceptors (Lipinski definition) is 3. The summed E-state index contributed by atoms with van der Waals surface area (Å²) in [6.45, 7) is 1.49. The van der Waals surface area contributed by atoms with Gasteiger partial charge in [0.2, 0.25) is 4.33 Å². The van der Waals surface area contributed by atoms with Crippen molar-refractivity contribution < 1.29 is 14.3 Å². The van der Waals surface area contributed by atoms with E-state index in [4.69, 9.17) is 27.9 Å². The Bertz CT molecular complexity index is 238. The van der Waals surface area contributed by atoms with E-state index in [1.54, 1.807) is 0 Å². The van der Waals surface area contributed by atoms with Gasteiger partial charge >= 0.3 is 5.97 Å². The molecule has 5 heteroatoms. The lowest BCUT2D eigenvalue weighted by Gasteiger charge is -2.06. The highest BCUT2D eigenvalue weighted by molar-refractivity contribution is 6.57. The van der Waals surface area contributed by atoms with E-state index in [-0.39, 0.29) is 18.3 Å². The van der Waals surface area contributed by atoms with Gasteiger partial charge in [0, 0.05) is 12.8 Å². The van der Waals surface area contributed by atoms with Gasteiger partial charge in [-0.05, 0) is 13.3 Å². The summed E-state index contributed by atoms with van der Waals surface area (Å²) in [4.78, 5) is 21.6. The summed E-state index contributed by atoms with van der Waals surface area (Å²) in [6.07, 6.45) is 0.846. The molecule has 3 nitrogen and oxygen atoms in total. The first-order chi connectivity index (χ1) is 5.92. The van der Waals surface area contributed by atoms with Crippen LogP contribution in [0.2, 0.25) is 0 Å². The minimum atomic E-state index is -1.42. The Balaban J connectivity index is 2.41. The van der Waals surface area contributed by atoms with Gasteiger partial charge < -0.3 is 9.53 Å². The summed E-state index contributed by atoms with van der Waals surface area (Å²) in [5.41, 5.74) is 0. The zero-order valence-corrected chi connectivity index (χ0v) is 8.69. The number of cyclic esters (lactones) is 1. The van der Waals surface area contributed by atoms with E-state index in [0.29, 0.717) is 12.8 Å². The summed E-state index contributed by atoms with van der Waals surface area (Å²) in [5, 5.41) is 0. The third kappa shape index (κ3) is 2.85. The summed E-state index contributed by atoms with van der Waals surface area (Å²) < 4.78 is 3.46. The maximum Gasteiger partial charge on any atom is 0.343 e. The highest BCUT2D eigenvalue weighted by Crippen LogP contribution is 2.37. The molecule has 0 spiro atoms. The molecule has 0 aromatic heterocycles. The van der Waals surface area contributed by atoms with E-state index in [2.05, 4.69) is 0 Å². The van der Waals surface area contributed by atoms with Crippen molar-refractivity contribution >= 4 is 35.0 Å². The number of ketones is 1. The number of rotatable bonds is 3. The van der Waals surface area contributed by atoms with Gasteiger partial charge in [-0.15, -0.1) is 0 Å². The van der Waals surface area contributed by atoms with Crippen molar-refractivity contribution in [2.45, 2.75) is 36.6 Å². The average molecular weight is 225 g/mol. The molecule has 0 saturated carbocycles. The third-order valence-corrected chi connectivity index (χ3v) is 2.49. The number of carbonyl (C=O) groups excluding carboxylic acids is 2. The number of Topliss-reactive ketones (excluding diaryl/α,β-unsaturated/α-hetero) is 1. The Morgan fingerprint density at radius 2 is 2.31 bits per heavy atom. The Morgan fingerprint density at radius 1 is 1.69 bits per heavy atom. The van der Waals surface area contributed by atoms with Crippen LogP contribution in [0.25, 0.3) is 0 Å². The number of hydrogen-bond donors (Lipinski definition) is 0. The number of carbonyl (C=O) groups is 2. The van der Waals surface area contributed by atoms with Crippen LogP contribution in [0, 0.1) is 0 Å². The van der Waals surface area contributed by atoms with Gasteiger partial charge in [-0.1, -0.05) is 23.2 Å². The Morgan fingerprint density at radius 3 is 2.69 bits per heavy atom. The van der Waals surface area contributed by atoms with E-state index in [0.717, 1.165) is 0 Å². The molecular weight excluding hydrogens is 215 g/mol. The fourth-order valence-corrected chi connectivity index (χ4v) is 1.61. The Labute approximate surface area is 86.3 Å². The van der Waals surface area contributed by atoms with Crippen molar-refractivity contribution in [2.24, 2.45) is 0 Å². The SMILES string of the molecule is CC(=O)CCC1CC(Cl)(Cl)C(=O)O1. The van der Waals surface area contributed by atoms with E-state index >= 15 is 0 Å². The van der Waals surface area contributed by atoms with E-state index < -0.39 is 10.3 Å². The van der Waals surface area contributed by atoms with Gasteiger partial charge in [-0.2, -0.15) is 0 Å². The van der Waals surface area contributed by atoms with Crippen LogP contribution < -0.4 is 0 Å². The second kappa shape index (κ2) is 3.84. The van der Waals surface area contributed by atoms with Crippen LogP contribution in [0.15, 0.2) is 0 Å². The molecular formula is C8H10Cl2O3. The van der Waals surface area contributed by atoms with Crippen LogP contribution in [-0.4, -0.2) is 22.2 Å². The molecule has 0 amide bonds. The summed E-state index contributed by atoms with van der Waals surface area (Å²) >= 11 is 11.3. The molecule has 0 bridgehead atoms. The van der Waals surface area contributed by atoms with Gasteiger partial charge in [0.15, 0.2) is 0 Å². The van der Waals surface area contributed by atoms with Gasteiger partial charge in [0.05, 0.1) is 0 Å². The highest BCUT2D eigenvalue weighted by atomic mass is 35.5.